The molecule has 242 valence electrons. The molecule has 0 aliphatic rings. The zero-order valence-electron chi connectivity index (χ0n) is 26.9. The zero-order chi connectivity index (χ0) is 33.3. The van der Waals surface area contributed by atoms with Crippen molar-refractivity contribution >= 4 is 27.5 Å². The first-order valence-corrected chi connectivity index (χ1v) is 16.5. The molecule has 0 saturated carbocycles. The molecule has 4 aromatic carbocycles. The molecule has 46 heavy (non-hydrogen) atoms. The minimum absolute atomic E-state index is 0.0235. The number of sulfonamides is 1. The van der Waals surface area contributed by atoms with E-state index in [4.69, 9.17) is 9.47 Å². The number of ether oxygens (including phenoxy) is 2. The van der Waals surface area contributed by atoms with E-state index in [2.05, 4.69) is 5.32 Å². The lowest BCUT2D eigenvalue weighted by Gasteiger charge is -2.34. The van der Waals surface area contributed by atoms with Crippen molar-refractivity contribution in [3.8, 4) is 11.5 Å². The van der Waals surface area contributed by atoms with Gasteiger partial charge in [-0.25, -0.2) is 8.42 Å². The summed E-state index contributed by atoms with van der Waals surface area (Å²) < 4.78 is 40.4. The predicted molar refractivity (Wildman–Crippen MR) is 180 cm³/mol. The molecule has 1 atom stereocenters. The number of hydrogen-bond donors (Lipinski definition) is 1. The average molecular weight is 644 g/mol. The topological polar surface area (TPSA) is 105 Å². The van der Waals surface area contributed by atoms with Crippen LogP contribution in [0.4, 0.5) is 5.69 Å². The van der Waals surface area contributed by atoms with Gasteiger partial charge in [0.15, 0.2) is 11.5 Å². The van der Waals surface area contributed by atoms with Gasteiger partial charge in [-0.15, -0.1) is 0 Å². The van der Waals surface area contributed by atoms with E-state index in [1.165, 1.54) is 37.3 Å². The van der Waals surface area contributed by atoms with Gasteiger partial charge in [0.05, 0.1) is 24.8 Å². The van der Waals surface area contributed by atoms with Crippen LogP contribution in [0.25, 0.3) is 0 Å². The maximum atomic E-state index is 14.5. The molecule has 0 aliphatic carbocycles. The molecule has 4 rings (SSSR count). The number of hydrogen-bond acceptors (Lipinski definition) is 6. The van der Waals surface area contributed by atoms with Crippen molar-refractivity contribution in [2.24, 2.45) is 0 Å². The van der Waals surface area contributed by atoms with Crippen molar-refractivity contribution in [2.45, 2.75) is 44.7 Å². The molecule has 1 N–H and O–H groups in total. The summed E-state index contributed by atoms with van der Waals surface area (Å²) in [4.78, 5) is 29.7. The van der Waals surface area contributed by atoms with Crippen LogP contribution >= 0.6 is 0 Å². The van der Waals surface area contributed by atoms with Gasteiger partial charge in [-0.05, 0) is 56.2 Å². The second kappa shape index (κ2) is 15.4. The average Bonchev–Trinajstić information content (AvgIpc) is 3.06. The van der Waals surface area contributed by atoms with Gasteiger partial charge in [-0.2, -0.15) is 0 Å². The van der Waals surface area contributed by atoms with Crippen LogP contribution in [0.15, 0.2) is 102 Å². The van der Waals surface area contributed by atoms with Gasteiger partial charge >= 0.3 is 0 Å². The molecule has 0 heterocycles. The fourth-order valence-corrected chi connectivity index (χ4v) is 6.49. The quantitative estimate of drug-likeness (QED) is 0.200. The van der Waals surface area contributed by atoms with Gasteiger partial charge in [-0.3, -0.25) is 13.9 Å². The monoisotopic (exact) mass is 643 g/mol. The van der Waals surface area contributed by atoms with Crippen molar-refractivity contribution in [3.05, 3.63) is 119 Å². The van der Waals surface area contributed by atoms with Crippen LogP contribution < -0.4 is 19.1 Å². The number of rotatable bonds is 14. The van der Waals surface area contributed by atoms with Gasteiger partial charge in [0.25, 0.3) is 10.0 Å². The van der Waals surface area contributed by atoms with Crippen LogP contribution in [0.2, 0.25) is 0 Å². The first-order valence-electron chi connectivity index (χ1n) is 15.1. The van der Waals surface area contributed by atoms with Crippen molar-refractivity contribution < 1.29 is 27.5 Å². The third-order valence-corrected chi connectivity index (χ3v) is 9.43. The summed E-state index contributed by atoms with van der Waals surface area (Å²) in [5.74, 6) is -0.160. The van der Waals surface area contributed by atoms with E-state index in [1.807, 2.05) is 75.4 Å². The first-order chi connectivity index (χ1) is 22.1. The normalized spacial score (nSPS) is 11.8. The van der Waals surface area contributed by atoms with E-state index in [1.54, 1.807) is 24.3 Å². The number of benzene rings is 4. The minimum atomic E-state index is -4.25. The molecule has 0 fully saturated rings. The maximum Gasteiger partial charge on any atom is 0.264 e. The van der Waals surface area contributed by atoms with Crippen LogP contribution in [-0.2, 0) is 32.6 Å². The Morgan fingerprint density at radius 3 is 1.98 bits per heavy atom. The number of aryl methyl sites for hydroxylation is 2. The molecular weight excluding hydrogens is 602 g/mol. The largest absolute Gasteiger partial charge is 0.493 e. The Morgan fingerprint density at radius 2 is 1.39 bits per heavy atom. The van der Waals surface area contributed by atoms with Gasteiger partial charge in [-0.1, -0.05) is 77.9 Å². The Labute approximate surface area is 271 Å². The van der Waals surface area contributed by atoms with E-state index in [9.17, 15) is 18.0 Å². The molecule has 0 bridgehead atoms. The van der Waals surface area contributed by atoms with Crippen molar-refractivity contribution in [3.63, 3.8) is 0 Å². The van der Waals surface area contributed by atoms with E-state index < -0.39 is 28.5 Å². The SMILES string of the molecule is CCNC(=O)[C@@H](Cc1ccccc1)N(Cc1ccc(C)cc1)C(=O)CN(c1ccc(OC)c(OC)c1)S(=O)(=O)c1ccc(C)cc1. The molecule has 0 unspecified atom stereocenters. The highest BCUT2D eigenvalue weighted by Crippen LogP contribution is 2.34. The Bertz CT molecular complexity index is 1730. The summed E-state index contributed by atoms with van der Waals surface area (Å²) in [6.07, 6.45) is 0.241. The molecule has 4 aromatic rings. The number of nitrogens with zero attached hydrogens (tertiary/aromatic N) is 2. The van der Waals surface area contributed by atoms with Crippen molar-refractivity contribution in [2.75, 3.05) is 31.6 Å². The number of amides is 2. The third kappa shape index (κ3) is 8.25. The van der Waals surface area contributed by atoms with Crippen LogP contribution in [0, 0.1) is 13.8 Å². The van der Waals surface area contributed by atoms with Crippen molar-refractivity contribution in [1.29, 1.82) is 0 Å². The Hall–Kier alpha value is -4.83. The molecule has 0 saturated heterocycles. The molecule has 2 amide bonds. The van der Waals surface area contributed by atoms with E-state index >= 15 is 0 Å². The van der Waals surface area contributed by atoms with Gasteiger partial charge < -0.3 is 19.7 Å². The van der Waals surface area contributed by atoms with E-state index in [-0.39, 0.29) is 29.5 Å². The molecular formula is C36H41N3O6S. The molecule has 0 aliphatic heterocycles. The van der Waals surface area contributed by atoms with E-state index in [0.717, 1.165) is 26.6 Å². The molecule has 0 radical (unpaired) electrons. The standard InChI is InChI=1S/C36H41N3O6S/c1-6-37-36(41)32(22-28-10-8-7-9-11-28)38(24-29-16-12-26(2)13-17-29)35(40)25-39(30-18-21-33(44-4)34(23-30)45-5)46(42,43)31-19-14-27(3)15-20-31/h7-21,23,32H,6,22,24-25H2,1-5H3,(H,37,41)/t32-/m1/s1. The van der Waals surface area contributed by atoms with Crippen LogP contribution in [0.1, 0.15) is 29.2 Å². The number of carbonyl (C=O) groups is 2. The van der Waals surface area contributed by atoms with Gasteiger partial charge in [0.1, 0.15) is 12.6 Å². The highest BCUT2D eigenvalue weighted by molar-refractivity contribution is 7.92. The molecule has 0 spiro atoms. The molecule has 10 heteroatoms. The highest BCUT2D eigenvalue weighted by atomic mass is 32.2. The Kier molecular flexibility index (Phi) is 11.4. The van der Waals surface area contributed by atoms with Crippen LogP contribution in [-0.4, -0.2) is 58.5 Å². The highest BCUT2D eigenvalue weighted by Gasteiger charge is 2.34. The zero-order valence-corrected chi connectivity index (χ0v) is 27.7. The second-order valence-corrected chi connectivity index (χ2v) is 12.8. The summed E-state index contributed by atoms with van der Waals surface area (Å²) in [6, 6.07) is 27.3. The second-order valence-electron chi connectivity index (χ2n) is 11.0. The number of carbonyl (C=O) groups excluding carboxylic acids is 2. The first kappa shape index (κ1) is 34.1. The smallest absolute Gasteiger partial charge is 0.264 e. The fraction of sp³-hybridized carbons (Fsp3) is 0.278. The predicted octanol–water partition coefficient (Wildman–Crippen LogP) is 5.29. The van der Waals surface area contributed by atoms with Crippen LogP contribution in [0.3, 0.4) is 0 Å². The van der Waals surface area contributed by atoms with E-state index in [0.29, 0.717) is 18.0 Å². The minimum Gasteiger partial charge on any atom is -0.493 e. The number of anilines is 1. The lowest BCUT2D eigenvalue weighted by Crippen LogP contribution is -2.53. The third-order valence-electron chi connectivity index (χ3n) is 7.64. The summed E-state index contributed by atoms with van der Waals surface area (Å²) in [5, 5.41) is 2.88. The number of methoxy groups -OCH3 is 2. The summed E-state index contributed by atoms with van der Waals surface area (Å²) in [5.41, 5.74) is 3.82. The summed E-state index contributed by atoms with van der Waals surface area (Å²) in [6.45, 7) is 5.55. The molecule has 9 nitrogen and oxygen atoms in total. The Morgan fingerprint density at radius 1 is 0.783 bits per heavy atom. The maximum absolute atomic E-state index is 14.5. The summed E-state index contributed by atoms with van der Waals surface area (Å²) >= 11 is 0. The lowest BCUT2D eigenvalue weighted by molar-refractivity contribution is -0.140. The molecule has 0 aromatic heterocycles. The van der Waals surface area contributed by atoms with Crippen molar-refractivity contribution in [1.82, 2.24) is 10.2 Å². The van der Waals surface area contributed by atoms with Gasteiger partial charge in [0.2, 0.25) is 11.8 Å². The number of nitrogens with one attached hydrogen (secondary N) is 1. The number of likely N-dealkylation sites (N-methyl/N-ethyl adjacent to an activating group) is 1. The lowest BCUT2D eigenvalue weighted by atomic mass is 10.0. The summed E-state index contributed by atoms with van der Waals surface area (Å²) in [7, 11) is -1.31. The van der Waals surface area contributed by atoms with Gasteiger partial charge in [0, 0.05) is 25.6 Å². The Balaban J connectivity index is 1.83. The fourth-order valence-electron chi connectivity index (χ4n) is 5.08. The van der Waals surface area contributed by atoms with Crippen LogP contribution in [0.5, 0.6) is 11.5 Å².